The lowest BCUT2D eigenvalue weighted by Gasteiger charge is -2.29. The molecule has 1 aliphatic rings. The average molecular weight is 297 g/mol. The molecule has 110 valence electrons. The van der Waals surface area contributed by atoms with Crippen molar-refractivity contribution in [3.05, 3.63) is 70.8 Å². The van der Waals surface area contributed by atoms with Gasteiger partial charge in [-0.15, -0.1) is 0 Å². The van der Waals surface area contributed by atoms with Gasteiger partial charge < -0.3 is 5.32 Å². The molecule has 0 aromatic heterocycles. The highest BCUT2D eigenvalue weighted by molar-refractivity contribution is 7.98. The first-order chi connectivity index (χ1) is 10.4. The van der Waals surface area contributed by atoms with Gasteiger partial charge in [0.15, 0.2) is 0 Å². The molecule has 0 unspecified atom stereocenters. The van der Waals surface area contributed by atoms with Gasteiger partial charge in [0.1, 0.15) is 0 Å². The Bertz CT molecular complexity index is 548. The Morgan fingerprint density at radius 2 is 1.57 bits per heavy atom. The van der Waals surface area contributed by atoms with Crippen LogP contribution in [0.1, 0.15) is 41.1 Å². The average Bonchev–Trinajstić information content (AvgIpc) is 2.53. The minimum atomic E-state index is 0.362. The van der Waals surface area contributed by atoms with Gasteiger partial charge in [-0.05, 0) is 60.1 Å². The smallest absolute Gasteiger partial charge is 0.0582 e. The molecule has 0 saturated heterocycles. The van der Waals surface area contributed by atoms with E-state index in [9.17, 15) is 0 Å². The van der Waals surface area contributed by atoms with Crippen LogP contribution in [0.4, 0.5) is 0 Å². The Labute approximate surface area is 132 Å². The van der Waals surface area contributed by atoms with E-state index < -0.39 is 0 Å². The van der Waals surface area contributed by atoms with E-state index in [0.717, 1.165) is 13.0 Å². The summed E-state index contributed by atoms with van der Waals surface area (Å²) in [5.74, 6) is 1.26. The van der Waals surface area contributed by atoms with Crippen LogP contribution < -0.4 is 5.32 Å². The summed E-state index contributed by atoms with van der Waals surface area (Å²) in [6.07, 6.45) is 5.80. The van der Waals surface area contributed by atoms with E-state index in [1.54, 1.807) is 0 Å². The van der Waals surface area contributed by atoms with Crippen LogP contribution in [0.3, 0.4) is 0 Å². The number of benzene rings is 2. The Balaban J connectivity index is 1.78. The normalized spacial score (nSPS) is 13.8. The molecule has 21 heavy (non-hydrogen) atoms. The summed E-state index contributed by atoms with van der Waals surface area (Å²) in [6.45, 7) is 1.09. The number of rotatable bonds is 6. The van der Waals surface area contributed by atoms with E-state index in [2.05, 4.69) is 60.1 Å². The quantitative estimate of drug-likeness (QED) is 0.793. The summed E-state index contributed by atoms with van der Waals surface area (Å²) in [5, 5.41) is 3.78. The van der Waals surface area contributed by atoms with E-state index >= 15 is 0 Å². The number of thioether (sulfide) groups is 1. The van der Waals surface area contributed by atoms with Crippen LogP contribution in [0, 0.1) is 0 Å². The maximum atomic E-state index is 3.78. The van der Waals surface area contributed by atoms with Crippen LogP contribution in [0.15, 0.2) is 48.5 Å². The number of fused-ring (bicyclic) bond motifs is 2. The van der Waals surface area contributed by atoms with Crippen molar-refractivity contribution in [3.63, 3.8) is 0 Å². The topological polar surface area (TPSA) is 12.0 Å². The van der Waals surface area contributed by atoms with Crippen molar-refractivity contribution in [3.8, 4) is 0 Å². The van der Waals surface area contributed by atoms with Gasteiger partial charge in [0.25, 0.3) is 0 Å². The summed E-state index contributed by atoms with van der Waals surface area (Å²) >= 11 is 1.94. The lowest BCUT2D eigenvalue weighted by atomic mass is 9.82. The molecule has 0 spiro atoms. The predicted molar refractivity (Wildman–Crippen MR) is 93.2 cm³/mol. The Hall–Kier alpha value is -1.25. The maximum absolute atomic E-state index is 3.78. The van der Waals surface area contributed by atoms with Crippen molar-refractivity contribution >= 4 is 11.8 Å². The largest absolute Gasteiger partial charge is 0.306 e. The standard InChI is InChI=1S/C19H23NS/c1-21-13-7-6-12-20-19-17-10-4-2-8-15(17)14-16-9-3-5-11-18(16)19/h2-5,8-11,19-20H,6-7,12-14H2,1H3. The molecule has 0 aliphatic heterocycles. The fraction of sp³-hybridized carbons (Fsp3) is 0.368. The lowest BCUT2D eigenvalue weighted by molar-refractivity contribution is 0.567. The van der Waals surface area contributed by atoms with E-state index in [0.29, 0.717) is 6.04 Å². The molecule has 0 fully saturated rings. The van der Waals surface area contributed by atoms with Crippen LogP contribution in [0.5, 0.6) is 0 Å². The highest BCUT2D eigenvalue weighted by Gasteiger charge is 2.23. The van der Waals surface area contributed by atoms with Crippen LogP contribution in [0.25, 0.3) is 0 Å². The first-order valence-corrected chi connectivity index (χ1v) is 9.17. The molecular formula is C19H23NS. The molecule has 0 bridgehead atoms. The minimum absolute atomic E-state index is 0.362. The number of unbranched alkanes of at least 4 members (excludes halogenated alkanes) is 1. The molecule has 0 heterocycles. The van der Waals surface area contributed by atoms with Gasteiger partial charge in [0.05, 0.1) is 6.04 Å². The van der Waals surface area contributed by atoms with Crippen molar-refractivity contribution in [1.29, 1.82) is 0 Å². The lowest BCUT2D eigenvalue weighted by Crippen LogP contribution is -2.28. The van der Waals surface area contributed by atoms with Crippen molar-refractivity contribution in [2.75, 3.05) is 18.6 Å². The van der Waals surface area contributed by atoms with Crippen molar-refractivity contribution in [2.24, 2.45) is 0 Å². The SMILES string of the molecule is CSCCCCNC1c2ccccc2Cc2ccccc21. The second-order valence-corrected chi connectivity index (χ2v) is 6.65. The summed E-state index contributed by atoms with van der Waals surface area (Å²) in [4.78, 5) is 0. The predicted octanol–water partition coefficient (Wildman–Crippen LogP) is 4.41. The third kappa shape index (κ3) is 3.33. The number of hydrogen-bond acceptors (Lipinski definition) is 2. The van der Waals surface area contributed by atoms with Gasteiger partial charge in [-0.1, -0.05) is 48.5 Å². The van der Waals surface area contributed by atoms with Gasteiger partial charge in [-0.3, -0.25) is 0 Å². The summed E-state index contributed by atoms with van der Waals surface area (Å²) in [5.41, 5.74) is 5.86. The molecule has 0 amide bonds. The third-order valence-corrected chi connectivity index (χ3v) is 4.93. The van der Waals surface area contributed by atoms with Crippen LogP contribution in [-0.4, -0.2) is 18.6 Å². The number of nitrogens with one attached hydrogen (secondary N) is 1. The first kappa shape index (κ1) is 14.7. The van der Waals surface area contributed by atoms with Crippen molar-refractivity contribution < 1.29 is 0 Å². The van der Waals surface area contributed by atoms with Gasteiger partial charge in [0.2, 0.25) is 0 Å². The highest BCUT2D eigenvalue weighted by atomic mass is 32.2. The monoisotopic (exact) mass is 297 g/mol. The molecule has 3 rings (SSSR count). The molecule has 2 heteroatoms. The highest BCUT2D eigenvalue weighted by Crippen LogP contribution is 2.34. The Morgan fingerprint density at radius 1 is 0.952 bits per heavy atom. The van der Waals surface area contributed by atoms with E-state index in [1.807, 2.05) is 11.8 Å². The second kappa shape index (κ2) is 7.15. The minimum Gasteiger partial charge on any atom is -0.306 e. The molecule has 2 aromatic carbocycles. The molecule has 1 nitrogen and oxygen atoms in total. The van der Waals surface area contributed by atoms with E-state index in [4.69, 9.17) is 0 Å². The van der Waals surface area contributed by atoms with Gasteiger partial charge in [-0.2, -0.15) is 11.8 Å². The Kier molecular flexibility index (Phi) is 5.00. The first-order valence-electron chi connectivity index (χ1n) is 7.78. The van der Waals surface area contributed by atoms with Crippen molar-refractivity contribution in [1.82, 2.24) is 5.32 Å². The van der Waals surface area contributed by atoms with Crippen LogP contribution in [0.2, 0.25) is 0 Å². The molecule has 0 atom stereocenters. The van der Waals surface area contributed by atoms with Gasteiger partial charge in [-0.25, -0.2) is 0 Å². The summed E-state index contributed by atoms with van der Waals surface area (Å²) in [7, 11) is 0. The number of hydrogen-bond donors (Lipinski definition) is 1. The molecule has 0 saturated carbocycles. The zero-order valence-electron chi connectivity index (χ0n) is 12.6. The Morgan fingerprint density at radius 3 is 2.19 bits per heavy atom. The summed E-state index contributed by atoms with van der Waals surface area (Å²) < 4.78 is 0. The zero-order chi connectivity index (χ0) is 14.5. The molecule has 2 aromatic rings. The summed E-state index contributed by atoms with van der Waals surface area (Å²) in [6, 6.07) is 18.1. The second-order valence-electron chi connectivity index (χ2n) is 5.66. The van der Waals surface area contributed by atoms with Gasteiger partial charge >= 0.3 is 0 Å². The van der Waals surface area contributed by atoms with E-state index in [-0.39, 0.29) is 0 Å². The van der Waals surface area contributed by atoms with Crippen LogP contribution >= 0.6 is 11.8 Å². The zero-order valence-corrected chi connectivity index (χ0v) is 13.5. The molecule has 1 aliphatic carbocycles. The molecule has 0 radical (unpaired) electrons. The fourth-order valence-electron chi connectivity index (χ4n) is 3.16. The molecule has 1 N–H and O–H groups in total. The van der Waals surface area contributed by atoms with Crippen molar-refractivity contribution in [2.45, 2.75) is 25.3 Å². The third-order valence-electron chi connectivity index (χ3n) is 4.24. The molecular weight excluding hydrogens is 274 g/mol. The van der Waals surface area contributed by atoms with E-state index in [1.165, 1.54) is 40.8 Å². The maximum Gasteiger partial charge on any atom is 0.0582 e. The van der Waals surface area contributed by atoms with Crippen LogP contribution in [-0.2, 0) is 6.42 Å². The fourth-order valence-corrected chi connectivity index (χ4v) is 3.66. The van der Waals surface area contributed by atoms with Gasteiger partial charge in [0, 0.05) is 0 Å².